The van der Waals surface area contributed by atoms with Gasteiger partial charge in [0.15, 0.2) is 0 Å². The zero-order valence-electron chi connectivity index (χ0n) is 14.3. The fraction of sp³-hybridized carbons (Fsp3) is 0.500. The summed E-state index contributed by atoms with van der Waals surface area (Å²) in [5.74, 6) is -1.36. The summed E-state index contributed by atoms with van der Waals surface area (Å²) in [7, 11) is 0. The SMILES string of the molecule is O=C(O)CCN(C[C@H]1CCCO1)C(=O)C[C@@H]1Sc2ccccc2NC1=O. The third kappa shape index (κ3) is 4.76. The van der Waals surface area contributed by atoms with Crippen molar-refractivity contribution < 1.29 is 24.2 Å². The highest BCUT2D eigenvalue weighted by Gasteiger charge is 2.31. The van der Waals surface area contributed by atoms with Gasteiger partial charge in [0, 0.05) is 31.0 Å². The smallest absolute Gasteiger partial charge is 0.305 e. The monoisotopic (exact) mass is 378 g/mol. The predicted molar refractivity (Wildman–Crippen MR) is 97.1 cm³/mol. The molecule has 3 rings (SSSR count). The van der Waals surface area contributed by atoms with Crippen molar-refractivity contribution in [1.82, 2.24) is 4.90 Å². The van der Waals surface area contributed by atoms with E-state index >= 15 is 0 Å². The Bertz CT molecular complexity index is 690. The number of thioether (sulfide) groups is 1. The molecule has 2 atom stereocenters. The van der Waals surface area contributed by atoms with Gasteiger partial charge in [-0.2, -0.15) is 0 Å². The minimum absolute atomic E-state index is 0.0389. The third-order valence-corrected chi connectivity index (χ3v) is 5.74. The molecule has 1 saturated heterocycles. The van der Waals surface area contributed by atoms with E-state index in [-0.39, 0.29) is 37.3 Å². The molecule has 26 heavy (non-hydrogen) atoms. The quantitative estimate of drug-likeness (QED) is 0.753. The number of benzene rings is 1. The molecule has 1 aromatic carbocycles. The zero-order valence-corrected chi connectivity index (χ0v) is 15.2. The number of ether oxygens (including phenoxy) is 1. The minimum atomic E-state index is -0.950. The van der Waals surface area contributed by atoms with Gasteiger partial charge < -0.3 is 20.1 Å². The zero-order chi connectivity index (χ0) is 18.5. The average Bonchev–Trinajstić information content (AvgIpc) is 3.12. The Kier molecular flexibility index (Phi) is 6.16. The lowest BCUT2D eigenvalue weighted by atomic mass is 10.2. The number of carboxylic acid groups (broad SMARTS) is 1. The molecule has 140 valence electrons. The highest BCUT2D eigenvalue weighted by molar-refractivity contribution is 8.01. The lowest BCUT2D eigenvalue weighted by Crippen LogP contribution is -2.41. The van der Waals surface area contributed by atoms with Crippen LogP contribution in [0.25, 0.3) is 0 Å². The summed E-state index contributed by atoms with van der Waals surface area (Å²) in [5.41, 5.74) is 0.758. The van der Waals surface area contributed by atoms with Crippen molar-refractivity contribution in [1.29, 1.82) is 0 Å². The molecule has 2 heterocycles. The summed E-state index contributed by atoms with van der Waals surface area (Å²) in [6.07, 6.45) is 1.68. The van der Waals surface area contributed by atoms with Gasteiger partial charge >= 0.3 is 5.97 Å². The van der Waals surface area contributed by atoms with E-state index in [1.165, 1.54) is 16.7 Å². The molecule has 0 saturated carbocycles. The second-order valence-corrected chi connectivity index (χ2v) is 7.66. The normalized spacial score (nSPS) is 21.8. The van der Waals surface area contributed by atoms with Crippen LogP contribution in [0.15, 0.2) is 29.2 Å². The van der Waals surface area contributed by atoms with Gasteiger partial charge in [0.1, 0.15) is 0 Å². The number of nitrogens with one attached hydrogen (secondary N) is 1. The van der Waals surface area contributed by atoms with Crippen LogP contribution in [0.5, 0.6) is 0 Å². The molecule has 0 aromatic heterocycles. The van der Waals surface area contributed by atoms with Gasteiger partial charge in [-0.25, -0.2) is 0 Å². The van der Waals surface area contributed by atoms with E-state index < -0.39 is 11.2 Å². The summed E-state index contributed by atoms with van der Waals surface area (Å²) in [6.45, 7) is 1.18. The second-order valence-electron chi connectivity index (χ2n) is 6.41. The summed E-state index contributed by atoms with van der Waals surface area (Å²) in [6, 6.07) is 7.47. The average molecular weight is 378 g/mol. The number of carboxylic acids is 1. The van der Waals surface area contributed by atoms with Crippen molar-refractivity contribution in [2.75, 3.05) is 25.0 Å². The molecule has 2 aliphatic rings. The summed E-state index contributed by atoms with van der Waals surface area (Å²) < 4.78 is 5.57. The van der Waals surface area contributed by atoms with Crippen LogP contribution >= 0.6 is 11.8 Å². The van der Waals surface area contributed by atoms with Gasteiger partial charge in [0.05, 0.1) is 23.5 Å². The molecule has 2 amide bonds. The Morgan fingerprint density at radius 2 is 2.15 bits per heavy atom. The Labute approximate surface area is 156 Å². The van der Waals surface area contributed by atoms with Gasteiger partial charge in [-0.1, -0.05) is 12.1 Å². The Morgan fingerprint density at radius 3 is 2.88 bits per heavy atom. The van der Waals surface area contributed by atoms with E-state index in [1.54, 1.807) is 0 Å². The Morgan fingerprint density at radius 1 is 1.35 bits per heavy atom. The maximum Gasteiger partial charge on any atom is 0.305 e. The van der Waals surface area contributed by atoms with E-state index in [0.29, 0.717) is 13.2 Å². The molecular weight excluding hydrogens is 356 g/mol. The van der Waals surface area contributed by atoms with Crippen molar-refractivity contribution >= 4 is 35.2 Å². The number of fused-ring (bicyclic) bond motifs is 1. The van der Waals surface area contributed by atoms with Crippen molar-refractivity contribution in [3.63, 3.8) is 0 Å². The third-order valence-electron chi connectivity index (χ3n) is 4.46. The van der Waals surface area contributed by atoms with Crippen LogP contribution < -0.4 is 5.32 Å². The first-order valence-electron chi connectivity index (χ1n) is 8.70. The van der Waals surface area contributed by atoms with Gasteiger partial charge in [0.2, 0.25) is 11.8 Å². The number of hydrogen-bond acceptors (Lipinski definition) is 5. The second kappa shape index (κ2) is 8.55. The molecule has 2 N–H and O–H groups in total. The summed E-state index contributed by atoms with van der Waals surface area (Å²) in [4.78, 5) is 38.4. The minimum Gasteiger partial charge on any atom is -0.481 e. The lowest BCUT2D eigenvalue weighted by Gasteiger charge is -2.28. The van der Waals surface area contributed by atoms with Crippen molar-refractivity contribution in [3.8, 4) is 0 Å². The standard InChI is InChI=1S/C18H22N2O5S/c21-16(20(8-7-17(22)23)11-12-4-3-9-25-12)10-15-18(24)19-13-5-1-2-6-14(13)26-15/h1-2,5-6,12,15H,3-4,7-11H2,(H,19,24)(H,22,23)/t12-,15+/m1/s1. The predicted octanol–water partition coefficient (Wildman–Crippen LogP) is 1.97. The van der Waals surface area contributed by atoms with Crippen LogP contribution in [-0.4, -0.2) is 58.8 Å². The van der Waals surface area contributed by atoms with Gasteiger partial charge in [0.25, 0.3) is 0 Å². The Balaban J connectivity index is 1.64. The van der Waals surface area contributed by atoms with Crippen molar-refractivity contribution in [2.24, 2.45) is 0 Å². The molecular formula is C18H22N2O5S. The first kappa shape index (κ1) is 18.7. The lowest BCUT2D eigenvalue weighted by molar-refractivity contribution is -0.139. The number of nitrogens with zero attached hydrogens (tertiary/aromatic N) is 1. The fourth-order valence-electron chi connectivity index (χ4n) is 3.10. The molecule has 8 heteroatoms. The topological polar surface area (TPSA) is 95.9 Å². The first-order valence-corrected chi connectivity index (χ1v) is 9.58. The van der Waals surface area contributed by atoms with E-state index in [4.69, 9.17) is 9.84 Å². The number of hydrogen-bond donors (Lipinski definition) is 2. The molecule has 7 nitrogen and oxygen atoms in total. The van der Waals surface area contributed by atoms with E-state index in [2.05, 4.69) is 5.32 Å². The maximum atomic E-state index is 12.8. The first-order chi connectivity index (χ1) is 12.5. The van der Waals surface area contributed by atoms with Crippen molar-refractivity contribution in [2.45, 2.75) is 41.9 Å². The molecule has 0 unspecified atom stereocenters. The Hall–Kier alpha value is -2.06. The number of amides is 2. The molecule has 0 spiro atoms. The van der Waals surface area contributed by atoms with Crippen LogP contribution in [0.1, 0.15) is 25.7 Å². The van der Waals surface area contributed by atoms with Crippen LogP contribution in [0.2, 0.25) is 0 Å². The van der Waals surface area contributed by atoms with E-state index in [1.807, 2.05) is 24.3 Å². The molecule has 1 fully saturated rings. The van der Waals surface area contributed by atoms with Crippen molar-refractivity contribution in [3.05, 3.63) is 24.3 Å². The number of para-hydroxylation sites is 1. The van der Waals surface area contributed by atoms with Crippen LogP contribution in [0.3, 0.4) is 0 Å². The largest absolute Gasteiger partial charge is 0.481 e. The van der Waals surface area contributed by atoms with Crippen LogP contribution in [-0.2, 0) is 19.1 Å². The molecule has 2 aliphatic heterocycles. The number of anilines is 1. The molecule has 0 aliphatic carbocycles. The molecule has 0 bridgehead atoms. The van der Waals surface area contributed by atoms with Gasteiger partial charge in [-0.15, -0.1) is 11.8 Å². The van der Waals surface area contributed by atoms with Gasteiger partial charge in [-0.05, 0) is 25.0 Å². The molecule has 1 aromatic rings. The number of rotatable bonds is 7. The fourth-order valence-corrected chi connectivity index (χ4v) is 4.20. The van der Waals surface area contributed by atoms with Crippen LogP contribution in [0, 0.1) is 0 Å². The highest BCUT2D eigenvalue weighted by Crippen LogP contribution is 2.36. The highest BCUT2D eigenvalue weighted by atomic mass is 32.2. The number of aliphatic carboxylic acids is 1. The van der Waals surface area contributed by atoms with Crippen LogP contribution in [0.4, 0.5) is 5.69 Å². The van der Waals surface area contributed by atoms with E-state index in [9.17, 15) is 14.4 Å². The van der Waals surface area contributed by atoms with E-state index in [0.717, 1.165) is 23.4 Å². The van der Waals surface area contributed by atoms with Gasteiger partial charge in [-0.3, -0.25) is 14.4 Å². The summed E-state index contributed by atoms with van der Waals surface area (Å²) >= 11 is 1.37. The summed E-state index contributed by atoms with van der Waals surface area (Å²) in [5, 5.41) is 11.2. The number of carbonyl (C=O) groups is 3. The maximum absolute atomic E-state index is 12.8. The molecule has 0 radical (unpaired) electrons. The number of carbonyl (C=O) groups excluding carboxylic acids is 2.